The molecular formula is C23H38N2O3. The van der Waals surface area contributed by atoms with E-state index in [0.717, 1.165) is 57.7 Å². The van der Waals surface area contributed by atoms with Gasteiger partial charge in [-0.1, -0.05) is 26.7 Å². The van der Waals surface area contributed by atoms with Crippen LogP contribution in [0.4, 0.5) is 0 Å². The molecule has 2 saturated carbocycles. The van der Waals surface area contributed by atoms with Gasteiger partial charge in [0.25, 0.3) is 0 Å². The highest BCUT2D eigenvalue weighted by Crippen LogP contribution is 2.44. The maximum absolute atomic E-state index is 13.3. The van der Waals surface area contributed by atoms with E-state index < -0.39 is 0 Å². The Bertz CT molecular complexity index is 587. The Kier molecular flexibility index (Phi) is 5.74. The van der Waals surface area contributed by atoms with Crippen molar-refractivity contribution in [2.45, 2.75) is 83.7 Å². The van der Waals surface area contributed by atoms with E-state index in [1.54, 1.807) is 0 Å². The number of ether oxygens (including phenoxy) is 1. The Morgan fingerprint density at radius 1 is 1.04 bits per heavy atom. The minimum atomic E-state index is -0.236. The first-order valence-corrected chi connectivity index (χ1v) is 11.7. The summed E-state index contributed by atoms with van der Waals surface area (Å²) in [6, 6.07) is 0. The van der Waals surface area contributed by atoms with E-state index in [9.17, 15) is 9.59 Å². The summed E-state index contributed by atoms with van der Waals surface area (Å²) in [5.74, 6) is 1.99. The van der Waals surface area contributed by atoms with Crippen LogP contribution < -0.4 is 0 Å². The molecule has 4 aliphatic rings. The average Bonchev–Trinajstić information content (AvgIpc) is 3.45. The van der Waals surface area contributed by atoms with Crippen LogP contribution in [-0.4, -0.2) is 60.0 Å². The quantitative estimate of drug-likeness (QED) is 0.720. The number of hydrogen-bond acceptors (Lipinski definition) is 3. The molecule has 1 spiro atoms. The Hall–Kier alpha value is -1.10. The van der Waals surface area contributed by atoms with Gasteiger partial charge in [0.2, 0.25) is 11.8 Å². The molecule has 28 heavy (non-hydrogen) atoms. The highest BCUT2D eigenvalue weighted by molar-refractivity contribution is 5.83. The summed E-state index contributed by atoms with van der Waals surface area (Å²) in [7, 11) is 0. The number of rotatable bonds is 5. The van der Waals surface area contributed by atoms with Crippen molar-refractivity contribution >= 4 is 11.8 Å². The largest absolute Gasteiger partial charge is 0.371 e. The van der Waals surface area contributed by atoms with Crippen molar-refractivity contribution in [3.63, 3.8) is 0 Å². The van der Waals surface area contributed by atoms with Crippen LogP contribution in [0, 0.1) is 17.3 Å². The molecule has 1 atom stereocenters. The summed E-state index contributed by atoms with van der Waals surface area (Å²) in [5, 5.41) is 0. The number of carbonyl (C=O) groups is 2. The van der Waals surface area contributed by atoms with Gasteiger partial charge in [0.1, 0.15) is 0 Å². The van der Waals surface area contributed by atoms with Gasteiger partial charge in [-0.15, -0.1) is 0 Å². The molecular weight excluding hydrogens is 352 g/mol. The van der Waals surface area contributed by atoms with Crippen molar-refractivity contribution in [3.8, 4) is 0 Å². The smallest absolute Gasteiger partial charge is 0.228 e. The van der Waals surface area contributed by atoms with E-state index in [1.807, 2.05) is 4.90 Å². The number of carbonyl (C=O) groups excluding carboxylic acids is 2. The monoisotopic (exact) mass is 390 g/mol. The maximum Gasteiger partial charge on any atom is 0.228 e. The molecule has 0 aromatic carbocycles. The second kappa shape index (κ2) is 7.97. The Balaban J connectivity index is 1.33. The third-order valence-corrected chi connectivity index (χ3v) is 8.18. The standard InChI is InChI=1S/C23H38N2O3/c1-3-22(8-4-5-9-22)21(27)25-14-15-28-23(17-25)10-12-24(13-11-23)20(26)16-18(2)19-6-7-19/h18-19H,3-17H2,1-2H3. The van der Waals surface area contributed by atoms with Crippen molar-refractivity contribution in [3.05, 3.63) is 0 Å². The van der Waals surface area contributed by atoms with Crippen molar-refractivity contribution in [2.24, 2.45) is 17.3 Å². The number of amides is 2. The third-order valence-electron chi connectivity index (χ3n) is 8.18. The van der Waals surface area contributed by atoms with E-state index in [1.165, 1.54) is 25.7 Å². The van der Waals surface area contributed by atoms with E-state index in [2.05, 4.69) is 18.7 Å². The molecule has 0 bridgehead atoms. The zero-order chi connectivity index (χ0) is 19.8. The number of nitrogens with zero attached hydrogens (tertiary/aromatic N) is 2. The van der Waals surface area contributed by atoms with Gasteiger partial charge in [0.05, 0.1) is 12.2 Å². The second-order valence-electron chi connectivity index (χ2n) is 10.00. The van der Waals surface area contributed by atoms with Crippen molar-refractivity contribution < 1.29 is 14.3 Å². The lowest BCUT2D eigenvalue weighted by atomic mass is 9.80. The number of hydrogen-bond donors (Lipinski definition) is 0. The Labute approximate surface area is 170 Å². The first-order valence-electron chi connectivity index (χ1n) is 11.7. The highest BCUT2D eigenvalue weighted by atomic mass is 16.5. The van der Waals surface area contributed by atoms with Gasteiger partial charge in [-0.05, 0) is 56.8 Å². The molecule has 0 aromatic heterocycles. The summed E-state index contributed by atoms with van der Waals surface area (Å²) in [6.07, 6.45) is 10.4. The molecule has 5 nitrogen and oxygen atoms in total. The SMILES string of the molecule is CCC1(C(=O)N2CCOC3(CCN(C(=O)CC(C)C4CC4)CC3)C2)CCCC1. The minimum Gasteiger partial charge on any atom is -0.371 e. The van der Waals surface area contributed by atoms with Crippen molar-refractivity contribution in [1.29, 1.82) is 0 Å². The van der Waals surface area contributed by atoms with Gasteiger partial charge in [0, 0.05) is 38.0 Å². The first-order chi connectivity index (χ1) is 13.5. The van der Waals surface area contributed by atoms with E-state index in [-0.39, 0.29) is 11.0 Å². The van der Waals surface area contributed by atoms with Crippen LogP contribution in [0.2, 0.25) is 0 Å². The van der Waals surface area contributed by atoms with Gasteiger partial charge in [-0.3, -0.25) is 9.59 Å². The summed E-state index contributed by atoms with van der Waals surface area (Å²) in [4.78, 5) is 30.2. The molecule has 0 radical (unpaired) electrons. The average molecular weight is 391 g/mol. The van der Waals surface area contributed by atoms with Gasteiger partial charge in [-0.25, -0.2) is 0 Å². The molecule has 0 aromatic rings. The third kappa shape index (κ3) is 3.96. The molecule has 2 amide bonds. The molecule has 2 heterocycles. The van der Waals surface area contributed by atoms with Crippen LogP contribution in [-0.2, 0) is 14.3 Å². The van der Waals surface area contributed by atoms with Crippen LogP contribution in [0.25, 0.3) is 0 Å². The molecule has 2 aliphatic carbocycles. The Morgan fingerprint density at radius 3 is 2.32 bits per heavy atom. The van der Waals surface area contributed by atoms with Crippen LogP contribution in [0.1, 0.15) is 78.1 Å². The summed E-state index contributed by atoms with van der Waals surface area (Å²) in [6.45, 7) is 8.03. The van der Waals surface area contributed by atoms with Gasteiger partial charge in [-0.2, -0.15) is 0 Å². The fourth-order valence-electron chi connectivity index (χ4n) is 5.83. The fourth-order valence-corrected chi connectivity index (χ4v) is 5.83. The summed E-state index contributed by atoms with van der Waals surface area (Å²) in [5.41, 5.74) is -0.353. The molecule has 2 saturated heterocycles. The number of likely N-dealkylation sites (tertiary alicyclic amines) is 1. The molecule has 5 heteroatoms. The van der Waals surface area contributed by atoms with Crippen molar-refractivity contribution in [1.82, 2.24) is 9.80 Å². The molecule has 0 N–H and O–H groups in total. The van der Waals surface area contributed by atoms with Gasteiger partial charge in [0.15, 0.2) is 0 Å². The molecule has 4 rings (SSSR count). The lowest BCUT2D eigenvalue weighted by Crippen LogP contribution is -2.60. The zero-order valence-corrected chi connectivity index (χ0v) is 17.9. The molecule has 2 aliphatic heterocycles. The Morgan fingerprint density at radius 2 is 1.71 bits per heavy atom. The van der Waals surface area contributed by atoms with Crippen LogP contribution >= 0.6 is 0 Å². The number of piperidine rings is 1. The molecule has 158 valence electrons. The summed E-state index contributed by atoms with van der Waals surface area (Å²) < 4.78 is 6.24. The van der Waals surface area contributed by atoms with Crippen molar-refractivity contribution in [2.75, 3.05) is 32.8 Å². The fraction of sp³-hybridized carbons (Fsp3) is 0.913. The predicted octanol–water partition coefficient (Wildman–Crippen LogP) is 3.61. The number of morpholine rings is 1. The van der Waals surface area contributed by atoms with E-state index in [4.69, 9.17) is 4.74 Å². The van der Waals surface area contributed by atoms with Gasteiger partial charge >= 0.3 is 0 Å². The van der Waals surface area contributed by atoms with Crippen LogP contribution in [0.15, 0.2) is 0 Å². The molecule has 4 fully saturated rings. The van der Waals surface area contributed by atoms with E-state index >= 15 is 0 Å². The normalized spacial score (nSPS) is 27.8. The van der Waals surface area contributed by atoms with Gasteiger partial charge < -0.3 is 14.5 Å². The summed E-state index contributed by atoms with van der Waals surface area (Å²) >= 11 is 0. The van der Waals surface area contributed by atoms with Crippen LogP contribution in [0.3, 0.4) is 0 Å². The maximum atomic E-state index is 13.3. The second-order valence-corrected chi connectivity index (χ2v) is 10.00. The van der Waals surface area contributed by atoms with E-state index in [0.29, 0.717) is 37.3 Å². The lowest BCUT2D eigenvalue weighted by molar-refractivity contribution is -0.170. The highest BCUT2D eigenvalue weighted by Gasteiger charge is 2.47. The lowest BCUT2D eigenvalue weighted by Gasteiger charge is -2.48. The predicted molar refractivity (Wildman–Crippen MR) is 109 cm³/mol. The molecule has 1 unspecified atom stereocenters. The zero-order valence-electron chi connectivity index (χ0n) is 17.9. The topological polar surface area (TPSA) is 49.9 Å². The first kappa shape index (κ1) is 20.2. The van der Waals surface area contributed by atoms with Crippen LogP contribution in [0.5, 0.6) is 0 Å². The minimum absolute atomic E-state index is 0.117.